The van der Waals surface area contributed by atoms with Crippen molar-refractivity contribution in [1.82, 2.24) is 10.3 Å². The first-order valence-corrected chi connectivity index (χ1v) is 10.5. The highest BCUT2D eigenvalue weighted by Crippen LogP contribution is 2.37. The smallest absolute Gasteiger partial charge is 0.251 e. The molecule has 2 N–H and O–H groups in total. The Kier molecular flexibility index (Phi) is 7.95. The minimum absolute atomic E-state index is 0.113. The molecule has 0 fully saturated rings. The van der Waals surface area contributed by atoms with Crippen molar-refractivity contribution >= 4 is 5.91 Å². The minimum atomic E-state index is -0.782. The Morgan fingerprint density at radius 1 is 1.09 bits per heavy atom. The first kappa shape index (κ1) is 24.1. The Hall–Kier alpha value is -3.52. The van der Waals surface area contributed by atoms with Crippen molar-refractivity contribution in [3.05, 3.63) is 105 Å². The topological polar surface area (TPSA) is 91.6 Å². The molecule has 0 aliphatic rings. The van der Waals surface area contributed by atoms with E-state index in [2.05, 4.69) is 15.5 Å². The molecule has 3 unspecified atom stereocenters. The summed E-state index contributed by atoms with van der Waals surface area (Å²) >= 11 is 0. The number of carbonyl (C=O) groups excluding carboxylic acids is 1. The van der Waals surface area contributed by atoms with Gasteiger partial charge in [0.15, 0.2) is 0 Å². The van der Waals surface area contributed by atoms with Crippen LogP contribution in [-0.4, -0.2) is 28.6 Å². The quantitative estimate of drug-likeness (QED) is 0.455. The zero-order chi connectivity index (χ0) is 24.0. The lowest BCUT2D eigenvalue weighted by molar-refractivity contribution is 0.0924. The van der Waals surface area contributed by atoms with E-state index in [-0.39, 0.29) is 24.4 Å². The summed E-state index contributed by atoms with van der Waals surface area (Å²) in [5.41, 5.74) is 2.61. The molecule has 8 heteroatoms. The van der Waals surface area contributed by atoms with Gasteiger partial charge in [0.2, 0.25) is 0 Å². The number of aliphatic hydroxyl groups is 1. The molecule has 3 rings (SSSR count). The number of aliphatic hydroxyl groups excluding tert-OH is 1. The van der Waals surface area contributed by atoms with E-state index >= 15 is 0 Å². The van der Waals surface area contributed by atoms with Crippen molar-refractivity contribution in [2.75, 3.05) is 6.54 Å². The van der Waals surface area contributed by atoms with Crippen molar-refractivity contribution in [2.24, 2.45) is 5.18 Å². The molecule has 1 heterocycles. The molecule has 0 saturated heterocycles. The molecule has 3 aromatic rings. The number of nitrogens with one attached hydrogen (secondary N) is 1. The van der Waals surface area contributed by atoms with Gasteiger partial charge in [-0.05, 0) is 67.3 Å². The fourth-order valence-electron chi connectivity index (χ4n) is 3.67. The third-order valence-corrected chi connectivity index (χ3v) is 5.36. The molecule has 33 heavy (non-hydrogen) atoms. The van der Waals surface area contributed by atoms with Gasteiger partial charge >= 0.3 is 0 Å². The van der Waals surface area contributed by atoms with Crippen LogP contribution in [0.3, 0.4) is 0 Å². The van der Waals surface area contributed by atoms with Gasteiger partial charge in [-0.1, -0.05) is 23.4 Å². The molecule has 0 spiro atoms. The Morgan fingerprint density at radius 3 is 2.42 bits per heavy atom. The van der Waals surface area contributed by atoms with Gasteiger partial charge in [0, 0.05) is 36.0 Å². The number of pyridine rings is 1. The number of benzene rings is 2. The highest BCUT2D eigenvalue weighted by Gasteiger charge is 2.25. The number of rotatable bonds is 9. The fraction of sp³-hybridized carbons (Fsp3) is 0.280. The standard InChI is InChI=1S/C25H25F2N3O3/c1-15-11-19(9-10-28-15)24(30-33)13-22(21-8-7-20(26)12-23(21)27)17-3-5-18(6-4-17)25(32)29-14-16(2)31/h3-12,16,22,24,31H,13-14H2,1-2H3,(H,29,32). The first-order valence-electron chi connectivity index (χ1n) is 10.5. The lowest BCUT2D eigenvalue weighted by Crippen LogP contribution is -2.30. The number of aromatic nitrogens is 1. The minimum Gasteiger partial charge on any atom is -0.392 e. The fourth-order valence-corrected chi connectivity index (χ4v) is 3.67. The summed E-state index contributed by atoms with van der Waals surface area (Å²) in [5.74, 6) is -2.40. The molecular weight excluding hydrogens is 428 g/mol. The monoisotopic (exact) mass is 453 g/mol. The molecule has 1 aromatic heterocycles. The van der Waals surface area contributed by atoms with Crippen molar-refractivity contribution in [2.45, 2.75) is 38.3 Å². The van der Waals surface area contributed by atoms with Crippen LogP contribution >= 0.6 is 0 Å². The number of aryl methyl sites for hydroxylation is 1. The van der Waals surface area contributed by atoms with Crippen LogP contribution in [0.15, 0.2) is 66.0 Å². The number of halogens is 2. The number of hydrogen-bond acceptors (Lipinski definition) is 5. The zero-order valence-electron chi connectivity index (χ0n) is 18.3. The summed E-state index contributed by atoms with van der Waals surface area (Å²) in [4.78, 5) is 28.1. The van der Waals surface area contributed by atoms with Crippen LogP contribution in [0.25, 0.3) is 0 Å². The Labute approximate surface area is 190 Å². The molecule has 2 aromatic carbocycles. The maximum Gasteiger partial charge on any atom is 0.251 e. The van der Waals surface area contributed by atoms with E-state index in [0.29, 0.717) is 16.7 Å². The molecule has 1 amide bonds. The van der Waals surface area contributed by atoms with E-state index in [1.807, 2.05) is 0 Å². The maximum atomic E-state index is 14.7. The lowest BCUT2D eigenvalue weighted by atomic mass is 9.84. The van der Waals surface area contributed by atoms with Gasteiger partial charge < -0.3 is 10.4 Å². The highest BCUT2D eigenvalue weighted by atomic mass is 19.1. The van der Waals surface area contributed by atoms with Gasteiger partial charge in [-0.15, -0.1) is 0 Å². The summed E-state index contributed by atoms with van der Waals surface area (Å²) < 4.78 is 28.3. The summed E-state index contributed by atoms with van der Waals surface area (Å²) in [6, 6.07) is 12.5. The summed E-state index contributed by atoms with van der Waals surface area (Å²) in [6.45, 7) is 3.47. The van der Waals surface area contributed by atoms with E-state index < -0.39 is 29.7 Å². The highest BCUT2D eigenvalue weighted by molar-refractivity contribution is 5.94. The average molecular weight is 453 g/mol. The Morgan fingerprint density at radius 2 is 1.82 bits per heavy atom. The molecule has 6 nitrogen and oxygen atoms in total. The number of amides is 1. The maximum absolute atomic E-state index is 14.7. The molecule has 0 bridgehead atoms. The van der Waals surface area contributed by atoms with Gasteiger partial charge in [-0.25, -0.2) is 8.78 Å². The summed E-state index contributed by atoms with van der Waals surface area (Å²) in [7, 11) is 0. The first-order chi connectivity index (χ1) is 15.8. The zero-order valence-corrected chi connectivity index (χ0v) is 18.3. The number of nitroso groups, excluding NO2 is 1. The van der Waals surface area contributed by atoms with Gasteiger partial charge in [-0.3, -0.25) is 9.78 Å². The van der Waals surface area contributed by atoms with Crippen LogP contribution in [0.1, 0.15) is 58.0 Å². The predicted octanol–water partition coefficient (Wildman–Crippen LogP) is 4.81. The van der Waals surface area contributed by atoms with Crippen LogP contribution in [0, 0.1) is 23.5 Å². The molecular formula is C25H25F2N3O3. The normalized spacial score (nSPS) is 13.7. The van der Waals surface area contributed by atoms with Gasteiger partial charge in [0.1, 0.15) is 17.7 Å². The largest absolute Gasteiger partial charge is 0.392 e. The van der Waals surface area contributed by atoms with E-state index in [1.165, 1.54) is 12.1 Å². The molecule has 3 atom stereocenters. The SMILES string of the molecule is Cc1cc(C(CC(c2ccc(C(=O)NCC(C)O)cc2)c2ccc(F)cc2F)N=O)ccn1. The van der Waals surface area contributed by atoms with Crippen molar-refractivity contribution in [3.8, 4) is 0 Å². The van der Waals surface area contributed by atoms with E-state index in [4.69, 9.17) is 0 Å². The van der Waals surface area contributed by atoms with Crippen LogP contribution in [0.2, 0.25) is 0 Å². The third-order valence-electron chi connectivity index (χ3n) is 5.36. The third kappa shape index (κ3) is 6.26. The van der Waals surface area contributed by atoms with Gasteiger partial charge in [0.05, 0.1) is 6.10 Å². The van der Waals surface area contributed by atoms with Crippen molar-refractivity contribution in [1.29, 1.82) is 0 Å². The number of hydrogen-bond donors (Lipinski definition) is 2. The molecule has 0 radical (unpaired) electrons. The van der Waals surface area contributed by atoms with Crippen LogP contribution in [-0.2, 0) is 0 Å². The Bertz CT molecular complexity index is 1120. The summed E-state index contributed by atoms with van der Waals surface area (Å²) in [5, 5.41) is 15.2. The number of nitrogens with zero attached hydrogens (tertiary/aromatic N) is 2. The van der Waals surface area contributed by atoms with Crippen LogP contribution in [0.5, 0.6) is 0 Å². The van der Waals surface area contributed by atoms with Crippen molar-refractivity contribution in [3.63, 3.8) is 0 Å². The molecule has 172 valence electrons. The van der Waals surface area contributed by atoms with E-state index in [9.17, 15) is 23.6 Å². The average Bonchev–Trinajstić information content (AvgIpc) is 2.79. The van der Waals surface area contributed by atoms with Gasteiger partial charge in [0.25, 0.3) is 5.91 Å². The second-order valence-electron chi connectivity index (χ2n) is 7.99. The van der Waals surface area contributed by atoms with Crippen LogP contribution < -0.4 is 5.32 Å². The van der Waals surface area contributed by atoms with Crippen molar-refractivity contribution < 1.29 is 18.7 Å². The lowest BCUT2D eigenvalue weighted by Gasteiger charge is -2.22. The number of carbonyl (C=O) groups is 1. The molecule has 0 aliphatic carbocycles. The second kappa shape index (κ2) is 10.9. The molecule has 0 aliphatic heterocycles. The van der Waals surface area contributed by atoms with Gasteiger partial charge in [-0.2, -0.15) is 4.91 Å². The summed E-state index contributed by atoms with van der Waals surface area (Å²) in [6.07, 6.45) is 1.05. The predicted molar refractivity (Wildman–Crippen MR) is 121 cm³/mol. The second-order valence-corrected chi connectivity index (χ2v) is 7.99. The Balaban J connectivity index is 1.95. The van der Waals surface area contributed by atoms with Crippen LogP contribution in [0.4, 0.5) is 8.78 Å². The molecule has 0 saturated carbocycles. The van der Waals surface area contributed by atoms with E-state index in [0.717, 1.165) is 11.8 Å². The van der Waals surface area contributed by atoms with E-state index in [1.54, 1.807) is 56.4 Å².